The summed E-state index contributed by atoms with van der Waals surface area (Å²) in [5.74, 6) is 2.82. The maximum absolute atomic E-state index is 5.87. The van der Waals surface area contributed by atoms with Crippen molar-refractivity contribution in [2.45, 2.75) is 112 Å². The largest absolute Gasteiger partial charge is 4.00 e. The van der Waals surface area contributed by atoms with Crippen molar-refractivity contribution in [2.75, 3.05) is 0 Å². The first-order valence-corrected chi connectivity index (χ1v) is 17.3. The molecular weight excluding hydrogens is 775 g/mol. The zero-order valence-corrected chi connectivity index (χ0v) is 37.6. The Kier molecular flexibility index (Phi) is 16.3. The fourth-order valence-electron chi connectivity index (χ4n) is 7.07. The number of aryl methyl sites for hydroxylation is 2. The van der Waals surface area contributed by atoms with Crippen molar-refractivity contribution in [3.63, 3.8) is 0 Å². The monoisotopic (exact) mass is 840 g/mol. The second kappa shape index (κ2) is 18.0. The number of hydrogen-bond acceptors (Lipinski definition) is 1. The SMILES string of the molecule is Cc1c(-c2cn(C)c(C([N-]c3c(C(C)C)cccc3C(C)C)c3c(C(C)C)cc(C(C)C)cc3C(C)C)n2)c2ccccc2n1C.[CH3-].[CH3-].[CH3-].[Hf+4]. The van der Waals surface area contributed by atoms with Crippen LogP contribution < -0.4 is 0 Å². The van der Waals surface area contributed by atoms with E-state index in [1.54, 1.807) is 0 Å². The Bertz CT molecular complexity index is 1800. The van der Waals surface area contributed by atoms with Crippen molar-refractivity contribution < 1.29 is 25.8 Å². The molecule has 0 radical (unpaired) electrons. The van der Waals surface area contributed by atoms with E-state index in [4.69, 9.17) is 10.3 Å². The van der Waals surface area contributed by atoms with Gasteiger partial charge in [-0.25, -0.2) is 4.98 Å². The van der Waals surface area contributed by atoms with Crippen LogP contribution in [-0.4, -0.2) is 14.1 Å². The van der Waals surface area contributed by atoms with Crippen molar-refractivity contribution >= 4 is 16.6 Å². The molecule has 1 unspecified atom stereocenters. The van der Waals surface area contributed by atoms with Crippen molar-refractivity contribution in [1.82, 2.24) is 14.1 Å². The third kappa shape index (κ3) is 8.41. The Balaban J connectivity index is 0.00000312. The molecule has 0 amide bonds. The first kappa shape index (κ1) is 45.1. The summed E-state index contributed by atoms with van der Waals surface area (Å²) in [6.07, 6.45) is 2.22. The fourth-order valence-corrected chi connectivity index (χ4v) is 7.07. The zero-order chi connectivity index (χ0) is 33.6. The van der Waals surface area contributed by atoms with Gasteiger partial charge in [0.2, 0.25) is 0 Å². The number of fused-ring (bicyclic) bond motifs is 1. The molecule has 0 fully saturated rings. The maximum Gasteiger partial charge on any atom is 4.00 e. The molecule has 5 rings (SSSR count). The van der Waals surface area contributed by atoms with Crippen molar-refractivity contribution in [3.05, 3.63) is 133 Å². The predicted molar refractivity (Wildman–Crippen MR) is 217 cm³/mol. The number of rotatable bonds is 10. The van der Waals surface area contributed by atoms with Gasteiger partial charge in [0, 0.05) is 42.5 Å². The van der Waals surface area contributed by atoms with Crippen LogP contribution in [0.1, 0.15) is 150 Å². The van der Waals surface area contributed by atoms with E-state index >= 15 is 0 Å². The topological polar surface area (TPSA) is 36.9 Å². The average molecular weight is 840 g/mol. The van der Waals surface area contributed by atoms with E-state index in [2.05, 4.69) is 160 Å². The van der Waals surface area contributed by atoms with E-state index in [9.17, 15) is 0 Å². The van der Waals surface area contributed by atoms with E-state index in [1.165, 1.54) is 55.5 Å². The van der Waals surface area contributed by atoms with Crippen molar-refractivity contribution in [1.29, 1.82) is 0 Å². The van der Waals surface area contributed by atoms with Crippen LogP contribution in [0.3, 0.4) is 0 Å². The van der Waals surface area contributed by atoms with E-state index < -0.39 is 0 Å². The summed E-state index contributed by atoms with van der Waals surface area (Å²) in [5, 5.41) is 7.11. The molecule has 4 nitrogen and oxygen atoms in total. The first-order chi connectivity index (χ1) is 21.7. The van der Waals surface area contributed by atoms with Crippen LogP contribution in [0.4, 0.5) is 5.69 Å². The van der Waals surface area contributed by atoms with Gasteiger partial charge < -0.3 is 36.7 Å². The number of para-hydroxylation sites is 2. The number of benzene rings is 3. The summed E-state index contributed by atoms with van der Waals surface area (Å²) in [6, 6.07) is 20.1. The number of imidazole rings is 1. The molecule has 0 bridgehead atoms. The van der Waals surface area contributed by atoms with Gasteiger partial charge in [0.15, 0.2) is 0 Å². The van der Waals surface area contributed by atoms with E-state index in [0.717, 1.165) is 17.2 Å². The van der Waals surface area contributed by atoms with E-state index in [0.29, 0.717) is 29.6 Å². The Morgan fingerprint density at radius 2 is 1.14 bits per heavy atom. The van der Waals surface area contributed by atoms with Gasteiger partial charge in [0.05, 0.1) is 11.5 Å². The van der Waals surface area contributed by atoms with Crippen LogP contribution in [0.15, 0.2) is 60.8 Å². The summed E-state index contributed by atoms with van der Waals surface area (Å²) in [6.45, 7) is 25.3. The Hall–Kier alpha value is -2.92. The van der Waals surface area contributed by atoms with Crippen LogP contribution >= 0.6 is 0 Å². The quantitative estimate of drug-likeness (QED) is 0.102. The molecule has 3 aromatic carbocycles. The standard InChI is InChI=1S/C42H55N4.3CH3.Hf/c1-24(2)30-21-34(27(7)8)39(35(22-30)28(9)10)41(44-40-31(25(3)4)18-16-19-32(40)26(5)6)42-43-36(23-45(42)12)38-29(11)46(13)37-20-15-14-17-33(37)38;;;;/h14-28,41H,1-13H3;3*1H3;/q4*-1;+4. The van der Waals surface area contributed by atoms with Gasteiger partial charge in [0.1, 0.15) is 0 Å². The normalized spacial score (nSPS) is 11.9. The Morgan fingerprint density at radius 3 is 1.62 bits per heavy atom. The molecule has 0 saturated carbocycles. The third-order valence-electron chi connectivity index (χ3n) is 9.86. The minimum atomic E-state index is -0.262. The average Bonchev–Trinajstić information content (AvgIpc) is 3.50. The summed E-state index contributed by atoms with van der Waals surface area (Å²) in [5.41, 5.74) is 13.8. The van der Waals surface area contributed by atoms with Crippen LogP contribution in [0, 0.1) is 29.2 Å². The first-order valence-electron chi connectivity index (χ1n) is 17.3. The number of hydrogen-bond donors (Lipinski definition) is 0. The minimum Gasteiger partial charge on any atom is -0.671 e. The molecule has 2 heterocycles. The molecular formula is C45H64HfN4. The van der Waals surface area contributed by atoms with Gasteiger partial charge >= 0.3 is 25.8 Å². The summed E-state index contributed by atoms with van der Waals surface area (Å²) >= 11 is 0. The molecule has 50 heavy (non-hydrogen) atoms. The van der Waals surface area contributed by atoms with Gasteiger partial charge in [-0.15, -0.1) is 5.69 Å². The number of aromatic nitrogens is 3. The second-order valence-electron chi connectivity index (χ2n) is 14.8. The minimum absolute atomic E-state index is 0. The maximum atomic E-state index is 5.87. The third-order valence-corrected chi connectivity index (χ3v) is 9.86. The van der Waals surface area contributed by atoms with Gasteiger partial charge in [0.25, 0.3) is 0 Å². The van der Waals surface area contributed by atoms with Crippen LogP contribution in [0.5, 0.6) is 0 Å². The van der Waals surface area contributed by atoms with Gasteiger partial charge in [-0.05, 0) is 70.9 Å². The molecule has 0 spiro atoms. The fraction of sp³-hybridized carbons (Fsp3) is 0.422. The smallest absolute Gasteiger partial charge is 0.671 e. The summed E-state index contributed by atoms with van der Waals surface area (Å²) in [7, 11) is 4.30. The molecule has 5 aromatic rings. The molecule has 0 aliphatic rings. The summed E-state index contributed by atoms with van der Waals surface area (Å²) < 4.78 is 4.52. The molecule has 0 aliphatic carbocycles. The molecule has 2 aromatic heterocycles. The van der Waals surface area contributed by atoms with Gasteiger partial charge in [-0.1, -0.05) is 129 Å². The van der Waals surface area contributed by atoms with Crippen LogP contribution in [0.25, 0.3) is 27.5 Å². The molecule has 0 saturated heterocycles. The summed E-state index contributed by atoms with van der Waals surface area (Å²) in [4.78, 5) is 5.54. The van der Waals surface area contributed by atoms with Crippen LogP contribution in [-0.2, 0) is 39.9 Å². The molecule has 5 heteroatoms. The number of nitrogens with zero attached hydrogens (tertiary/aromatic N) is 4. The molecule has 0 aliphatic heterocycles. The zero-order valence-electron chi connectivity index (χ0n) is 34.0. The van der Waals surface area contributed by atoms with Crippen molar-refractivity contribution in [2.24, 2.45) is 14.1 Å². The molecule has 0 N–H and O–H groups in total. The van der Waals surface area contributed by atoms with Crippen molar-refractivity contribution in [3.8, 4) is 11.3 Å². The molecule has 268 valence electrons. The Morgan fingerprint density at radius 1 is 0.640 bits per heavy atom. The van der Waals surface area contributed by atoms with Gasteiger partial charge in [-0.3, -0.25) is 0 Å². The van der Waals surface area contributed by atoms with Gasteiger partial charge in [-0.2, -0.15) is 0 Å². The van der Waals surface area contributed by atoms with Crippen LogP contribution in [0.2, 0.25) is 0 Å². The predicted octanol–water partition coefficient (Wildman–Crippen LogP) is 13.6. The molecule has 1 atom stereocenters. The van der Waals surface area contributed by atoms with E-state index in [-0.39, 0.29) is 54.2 Å². The second-order valence-corrected chi connectivity index (χ2v) is 14.8. The Labute approximate surface area is 325 Å². The van der Waals surface area contributed by atoms with E-state index in [1.807, 2.05) is 0 Å².